The number of fused-ring (bicyclic) bond motifs is 1. The summed E-state index contributed by atoms with van der Waals surface area (Å²) >= 11 is 0. The second kappa shape index (κ2) is 9.85. The summed E-state index contributed by atoms with van der Waals surface area (Å²) in [5.41, 5.74) is 1.34. The fourth-order valence-corrected chi connectivity index (χ4v) is 7.26. The second-order valence-electron chi connectivity index (χ2n) is 10.4. The summed E-state index contributed by atoms with van der Waals surface area (Å²) in [5, 5.41) is 4.69. The van der Waals surface area contributed by atoms with Gasteiger partial charge < -0.3 is 14.6 Å². The number of sulfonamides is 1. The average Bonchev–Trinajstić information content (AvgIpc) is 3.39. The highest BCUT2D eigenvalue weighted by Gasteiger charge is 2.42. The molecule has 0 atom stereocenters. The zero-order chi connectivity index (χ0) is 26.4. The molecule has 37 heavy (non-hydrogen) atoms. The highest BCUT2D eigenvalue weighted by molar-refractivity contribution is 7.89. The number of hydrogen-bond acceptors (Lipinski definition) is 7. The average molecular weight is 529 g/mol. The van der Waals surface area contributed by atoms with Crippen molar-refractivity contribution in [1.29, 1.82) is 0 Å². The Morgan fingerprint density at radius 3 is 2.51 bits per heavy atom. The summed E-state index contributed by atoms with van der Waals surface area (Å²) in [4.78, 5) is 22.9. The Labute approximate surface area is 217 Å². The van der Waals surface area contributed by atoms with Gasteiger partial charge in [0.2, 0.25) is 10.0 Å². The zero-order valence-corrected chi connectivity index (χ0v) is 22.9. The number of H-pyrrole nitrogens is 1. The molecule has 2 aromatic heterocycles. The maximum absolute atomic E-state index is 13.7. The van der Waals surface area contributed by atoms with Crippen LogP contribution in [0.2, 0.25) is 0 Å². The van der Waals surface area contributed by atoms with E-state index in [0.29, 0.717) is 54.5 Å². The monoisotopic (exact) mass is 528 g/mol. The molecule has 1 aromatic carbocycles. The van der Waals surface area contributed by atoms with Crippen molar-refractivity contribution in [2.45, 2.75) is 57.8 Å². The van der Waals surface area contributed by atoms with Gasteiger partial charge in [0.25, 0.3) is 5.56 Å². The third kappa shape index (κ3) is 4.68. The standard InChI is InChI=1S/C26H36N6O4S/c1-5-7-22-27-18(3)23-25(33)28-24(29-32(22)23)20-16-19(8-9-21(20)36-6-2)37(34,35)31-14-11-26(12-15-31)10-13-30(4)17-26/h8-9,16H,5-7,10-15,17H2,1-4H3,(H,28,29,33). The van der Waals surface area contributed by atoms with Crippen LogP contribution in [0.25, 0.3) is 16.9 Å². The highest BCUT2D eigenvalue weighted by Crippen LogP contribution is 2.41. The normalized spacial score (nSPS) is 18.7. The Hall–Kier alpha value is -2.76. The molecule has 0 amide bonds. The van der Waals surface area contributed by atoms with Gasteiger partial charge in [0, 0.05) is 26.1 Å². The minimum Gasteiger partial charge on any atom is -0.493 e. The lowest BCUT2D eigenvalue weighted by Gasteiger charge is -2.38. The van der Waals surface area contributed by atoms with Gasteiger partial charge in [0.05, 0.1) is 22.8 Å². The number of nitrogens with zero attached hydrogens (tertiary/aromatic N) is 5. The van der Waals surface area contributed by atoms with E-state index in [9.17, 15) is 13.2 Å². The SMILES string of the molecule is CCCc1nc(C)c2c(=O)[nH]c(-c3cc(S(=O)(=O)N4CCC5(CCN(C)C5)CC4)ccc3OCC)nn12. The molecule has 0 saturated carbocycles. The van der Waals surface area contributed by atoms with Crippen LogP contribution in [0.15, 0.2) is 27.9 Å². The molecule has 0 unspecified atom stereocenters. The van der Waals surface area contributed by atoms with Crippen LogP contribution in [0.1, 0.15) is 51.0 Å². The maximum Gasteiger partial charge on any atom is 0.277 e. The molecular weight excluding hydrogens is 492 g/mol. The van der Waals surface area contributed by atoms with E-state index in [4.69, 9.17) is 4.74 Å². The molecule has 11 heteroatoms. The van der Waals surface area contributed by atoms with Crippen molar-refractivity contribution < 1.29 is 13.2 Å². The quantitative estimate of drug-likeness (QED) is 0.502. The topological polar surface area (TPSA) is 113 Å². The Bertz CT molecular complexity index is 1470. The van der Waals surface area contributed by atoms with Gasteiger partial charge in [0.15, 0.2) is 11.3 Å². The number of imidazole rings is 1. The van der Waals surface area contributed by atoms with E-state index in [2.05, 4.69) is 27.0 Å². The zero-order valence-electron chi connectivity index (χ0n) is 22.1. The lowest BCUT2D eigenvalue weighted by Crippen LogP contribution is -2.44. The summed E-state index contributed by atoms with van der Waals surface area (Å²) in [6, 6.07) is 4.80. The van der Waals surface area contributed by atoms with Crippen LogP contribution in [0, 0.1) is 12.3 Å². The number of benzene rings is 1. The minimum atomic E-state index is -3.72. The Kier molecular flexibility index (Phi) is 6.88. The number of ether oxygens (including phenoxy) is 1. The van der Waals surface area contributed by atoms with Gasteiger partial charge >= 0.3 is 0 Å². The fourth-order valence-electron chi connectivity index (χ4n) is 5.80. The van der Waals surface area contributed by atoms with Crippen LogP contribution in [0.5, 0.6) is 5.75 Å². The van der Waals surface area contributed by atoms with E-state index < -0.39 is 10.0 Å². The van der Waals surface area contributed by atoms with Crippen LogP contribution in [0.4, 0.5) is 0 Å². The summed E-state index contributed by atoms with van der Waals surface area (Å²) in [6.45, 7) is 9.19. The molecule has 2 aliphatic rings. The molecule has 4 heterocycles. The largest absolute Gasteiger partial charge is 0.493 e. The van der Waals surface area contributed by atoms with Crippen LogP contribution < -0.4 is 10.3 Å². The molecule has 3 aromatic rings. The predicted octanol–water partition coefficient (Wildman–Crippen LogP) is 2.85. The number of nitrogens with one attached hydrogen (secondary N) is 1. The van der Waals surface area contributed by atoms with Gasteiger partial charge in [-0.25, -0.2) is 17.9 Å². The lowest BCUT2D eigenvalue weighted by atomic mass is 9.78. The number of hydrogen-bond donors (Lipinski definition) is 1. The predicted molar refractivity (Wildman–Crippen MR) is 141 cm³/mol. The van der Waals surface area contributed by atoms with Crippen molar-refractivity contribution in [1.82, 2.24) is 28.8 Å². The van der Waals surface area contributed by atoms with Crippen molar-refractivity contribution in [2.75, 3.05) is 39.8 Å². The number of rotatable bonds is 7. The van der Waals surface area contributed by atoms with E-state index in [1.165, 1.54) is 0 Å². The summed E-state index contributed by atoms with van der Waals surface area (Å²) in [6.07, 6.45) is 4.38. The molecule has 10 nitrogen and oxygen atoms in total. The van der Waals surface area contributed by atoms with Gasteiger partial charge in [-0.15, -0.1) is 5.10 Å². The Morgan fingerprint density at radius 2 is 1.86 bits per heavy atom. The smallest absolute Gasteiger partial charge is 0.277 e. The van der Waals surface area contributed by atoms with Crippen LogP contribution in [-0.2, 0) is 16.4 Å². The molecule has 2 aliphatic heterocycles. The van der Waals surface area contributed by atoms with Crippen LogP contribution in [0.3, 0.4) is 0 Å². The van der Waals surface area contributed by atoms with Crippen molar-refractivity contribution in [3.8, 4) is 17.1 Å². The highest BCUT2D eigenvalue weighted by atomic mass is 32.2. The number of aromatic amines is 1. The first kappa shape index (κ1) is 25.9. The summed E-state index contributed by atoms with van der Waals surface area (Å²) in [5.74, 6) is 1.41. The van der Waals surface area contributed by atoms with Crippen molar-refractivity contribution in [2.24, 2.45) is 5.41 Å². The summed E-state index contributed by atoms with van der Waals surface area (Å²) in [7, 11) is -1.59. The van der Waals surface area contributed by atoms with Gasteiger partial charge in [-0.1, -0.05) is 6.92 Å². The van der Waals surface area contributed by atoms with E-state index in [1.54, 1.807) is 33.9 Å². The fraction of sp³-hybridized carbons (Fsp3) is 0.577. The maximum atomic E-state index is 13.7. The van der Waals surface area contributed by atoms with Gasteiger partial charge in [-0.2, -0.15) is 4.31 Å². The third-order valence-corrected chi connectivity index (χ3v) is 9.67. The van der Waals surface area contributed by atoms with Gasteiger partial charge in [-0.05, 0) is 76.7 Å². The first-order chi connectivity index (χ1) is 17.7. The molecule has 2 saturated heterocycles. The number of likely N-dealkylation sites (tertiary alicyclic amines) is 1. The third-order valence-electron chi connectivity index (χ3n) is 7.77. The van der Waals surface area contributed by atoms with Crippen LogP contribution >= 0.6 is 0 Å². The number of aryl methyl sites for hydroxylation is 2. The minimum absolute atomic E-state index is 0.170. The summed E-state index contributed by atoms with van der Waals surface area (Å²) < 4.78 is 36.4. The molecule has 2 fully saturated rings. The van der Waals surface area contributed by atoms with E-state index >= 15 is 0 Å². The first-order valence-electron chi connectivity index (χ1n) is 13.1. The molecule has 1 N–H and O–H groups in total. The van der Waals surface area contributed by atoms with Crippen molar-refractivity contribution in [3.63, 3.8) is 0 Å². The molecule has 0 bridgehead atoms. The lowest BCUT2D eigenvalue weighted by molar-refractivity contribution is 0.161. The second-order valence-corrected chi connectivity index (χ2v) is 12.3. The number of piperidine rings is 1. The molecule has 5 rings (SSSR count). The van der Waals surface area contributed by atoms with Crippen LogP contribution in [-0.4, -0.2) is 77.0 Å². The van der Waals surface area contributed by atoms with Crippen molar-refractivity contribution >= 4 is 15.5 Å². The van der Waals surface area contributed by atoms with Gasteiger partial charge in [0.1, 0.15) is 11.6 Å². The molecular formula is C26H36N6O4S. The van der Waals surface area contributed by atoms with E-state index in [-0.39, 0.29) is 21.7 Å². The first-order valence-corrected chi connectivity index (χ1v) is 14.6. The Balaban J connectivity index is 1.53. The van der Waals surface area contributed by atoms with E-state index in [0.717, 1.165) is 38.8 Å². The molecule has 200 valence electrons. The molecule has 0 radical (unpaired) electrons. The van der Waals surface area contributed by atoms with Gasteiger partial charge in [-0.3, -0.25) is 4.79 Å². The molecule has 1 spiro atoms. The van der Waals surface area contributed by atoms with Crippen molar-refractivity contribution in [3.05, 3.63) is 40.1 Å². The van der Waals surface area contributed by atoms with E-state index in [1.807, 2.05) is 13.8 Å². The molecule has 0 aliphatic carbocycles. The number of aromatic nitrogens is 4. The Morgan fingerprint density at radius 1 is 1.14 bits per heavy atom.